The van der Waals surface area contributed by atoms with Gasteiger partial charge in [0.05, 0.1) is 35.7 Å². The fourth-order valence-corrected chi connectivity index (χ4v) is 4.43. The van der Waals surface area contributed by atoms with Crippen molar-refractivity contribution < 1.29 is 32.2 Å². The lowest BCUT2D eigenvalue weighted by molar-refractivity contribution is -0.148. The Morgan fingerprint density at radius 2 is 1.97 bits per heavy atom. The summed E-state index contributed by atoms with van der Waals surface area (Å²) in [5.74, 6) is -2.04. The van der Waals surface area contributed by atoms with E-state index in [9.17, 15) is 32.2 Å². The number of hydrogen-bond acceptors (Lipinski definition) is 6. The first-order valence-corrected chi connectivity index (χ1v) is 10.5. The minimum Gasteiger partial charge on any atom is -0.507 e. The van der Waals surface area contributed by atoms with E-state index in [1.807, 2.05) is 0 Å². The van der Waals surface area contributed by atoms with Crippen LogP contribution in [0.15, 0.2) is 30.6 Å². The Balaban J connectivity index is 1.91. The maximum absolute atomic E-state index is 14.4. The van der Waals surface area contributed by atoms with Crippen molar-refractivity contribution in [2.45, 2.75) is 31.5 Å². The van der Waals surface area contributed by atoms with Crippen LogP contribution in [0.4, 0.5) is 8.78 Å². The number of halogens is 2. The lowest BCUT2D eigenvalue weighted by Crippen LogP contribution is -2.38. The summed E-state index contributed by atoms with van der Waals surface area (Å²) in [6.45, 7) is 0. The molecule has 0 unspecified atom stereocenters. The van der Waals surface area contributed by atoms with Gasteiger partial charge in [0, 0.05) is 0 Å². The van der Waals surface area contributed by atoms with Gasteiger partial charge in [0.2, 0.25) is 10.0 Å². The van der Waals surface area contributed by atoms with Crippen molar-refractivity contribution in [2.24, 2.45) is 5.41 Å². The van der Waals surface area contributed by atoms with Gasteiger partial charge in [0.25, 0.3) is 0 Å². The van der Waals surface area contributed by atoms with Gasteiger partial charge >= 0.3 is 5.97 Å². The van der Waals surface area contributed by atoms with Gasteiger partial charge in [-0.15, -0.1) is 0 Å². The summed E-state index contributed by atoms with van der Waals surface area (Å²) in [5.41, 5.74) is -0.899. The lowest BCUT2D eigenvalue weighted by atomic mass is 9.79. The first kappa shape index (κ1) is 21.1. The average molecular weight is 427 g/mol. The van der Waals surface area contributed by atoms with Crippen molar-refractivity contribution in [3.8, 4) is 17.1 Å². The number of hydrogen-bond donors (Lipinski definition) is 3. The molecule has 2 aromatic rings. The Bertz CT molecular complexity index is 1030. The molecule has 1 aromatic heterocycles. The number of nitrogens with one attached hydrogen (secondary N) is 1. The van der Waals surface area contributed by atoms with E-state index < -0.39 is 39.4 Å². The molecule has 156 valence electrons. The highest BCUT2D eigenvalue weighted by Crippen LogP contribution is 2.44. The van der Waals surface area contributed by atoms with Gasteiger partial charge in [-0.25, -0.2) is 31.9 Å². The second kappa shape index (κ2) is 7.64. The fraction of sp³-hybridized carbons (Fsp3) is 0.389. The molecule has 0 amide bonds. The second-order valence-corrected chi connectivity index (χ2v) is 9.04. The standard InChI is InChI=1S/C18H19F2N3O5S/c1-29(27,28)23-14-7-18(17(25)26,6-13(14)20)5-10-2-3-15(24)12(4-10)16-21-8-11(19)9-22-16/h2-4,8-9,13-14,23-24H,5-7H2,1H3,(H,25,26)/t13-,14+,18-/m0/s1. The molecule has 0 saturated heterocycles. The van der Waals surface area contributed by atoms with Crippen LogP contribution in [-0.2, 0) is 21.2 Å². The Morgan fingerprint density at radius 1 is 1.31 bits per heavy atom. The molecule has 8 nitrogen and oxygen atoms in total. The fourth-order valence-electron chi connectivity index (χ4n) is 3.65. The molecule has 1 fully saturated rings. The van der Waals surface area contributed by atoms with E-state index in [4.69, 9.17) is 0 Å². The number of nitrogens with zero attached hydrogens (tertiary/aromatic N) is 2. The Hall–Kier alpha value is -2.66. The molecule has 29 heavy (non-hydrogen) atoms. The van der Waals surface area contributed by atoms with Gasteiger partial charge in [-0.05, 0) is 37.0 Å². The number of rotatable bonds is 6. The predicted octanol–water partition coefficient (Wildman–Crippen LogP) is 1.65. The van der Waals surface area contributed by atoms with Crippen LogP contribution in [0, 0.1) is 11.2 Å². The smallest absolute Gasteiger partial charge is 0.310 e. The predicted molar refractivity (Wildman–Crippen MR) is 98.8 cm³/mol. The molecule has 3 N–H and O–H groups in total. The molecule has 1 aliphatic carbocycles. The molecule has 3 atom stereocenters. The van der Waals surface area contributed by atoms with E-state index >= 15 is 0 Å². The summed E-state index contributed by atoms with van der Waals surface area (Å²) < 4.78 is 52.5. The number of aromatic nitrogens is 2. The van der Waals surface area contributed by atoms with Crippen molar-refractivity contribution in [3.63, 3.8) is 0 Å². The third kappa shape index (κ3) is 4.67. The van der Waals surface area contributed by atoms with Crippen molar-refractivity contribution >= 4 is 16.0 Å². The molecule has 1 aromatic carbocycles. The van der Waals surface area contributed by atoms with Crippen LogP contribution < -0.4 is 4.72 Å². The highest BCUT2D eigenvalue weighted by molar-refractivity contribution is 7.88. The van der Waals surface area contributed by atoms with Crippen LogP contribution in [0.25, 0.3) is 11.4 Å². The largest absolute Gasteiger partial charge is 0.507 e. The summed E-state index contributed by atoms with van der Waals surface area (Å²) in [5, 5.41) is 19.8. The normalized spacial score (nSPS) is 24.5. The van der Waals surface area contributed by atoms with E-state index in [0.29, 0.717) is 5.56 Å². The first-order chi connectivity index (χ1) is 13.5. The Labute approximate surface area is 165 Å². The molecule has 1 aliphatic rings. The van der Waals surface area contributed by atoms with Crippen LogP contribution in [0.5, 0.6) is 5.75 Å². The molecule has 3 rings (SSSR count). The minimum atomic E-state index is -3.70. The number of carboxylic acid groups (broad SMARTS) is 1. The van der Waals surface area contributed by atoms with Crippen LogP contribution in [-0.4, -0.2) is 53.0 Å². The van der Waals surface area contributed by atoms with Crippen LogP contribution in [0.2, 0.25) is 0 Å². The van der Waals surface area contributed by atoms with E-state index in [-0.39, 0.29) is 36.4 Å². The third-order valence-corrected chi connectivity index (χ3v) is 5.65. The molecule has 0 bridgehead atoms. The van der Waals surface area contributed by atoms with Gasteiger partial charge in [-0.2, -0.15) is 0 Å². The number of sulfonamides is 1. The number of carbonyl (C=O) groups is 1. The summed E-state index contributed by atoms with van der Waals surface area (Å²) in [6, 6.07) is 3.12. The monoisotopic (exact) mass is 427 g/mol. The first-order valence-electron chi connectivity index (χ1n) is 8.64. The summed E-state index contributed by atoms with van der Waals surface area (Å²) >= 11 is 0. The third-order valence-electron chi connectivity index (χ3n) is 4.92. The van der Waals surface area contributed by atoms with Gasteiger partial charge < -0.3 is 10.2 Å². The molecular formula is C18H19F2N3O5S. The molecule has 0 spiro atoms. The topological polar surface area (TPSA) is 129 Å². The SMILES string of the molecule is CS(=O)(=O)N[C@@H]1C[C@@](Cc2ccc(O)c(-c3ncc(F)cn3)c2)(C(=O)O)C[C@@H]1F. The summed E-state index contributed by atoms with van der Waals surface area (Å²) in [4.78, 5) is 19.6. The van der Waals surface area contributed by atoms with Gasteiger partial charge in [-0.3, -0.25) is 4.79 Å². The molecule has 0 radical (unpaired) electrons. The Morgan fingerprint density at radius 3 is 2.55 bits per heavy atom. The van der Waals surface area contributed by atoms with Crippen LogP contribution in [0.3, 0.4) is 0 Å². The highest BCUT2D eigenvalue weighted by Gasteiger charge is 2.51. The number of phenolic OH excluding ortho intramolecular Hbond substituents is 1. The van der Waals surface area contributed by atoms with E-state index in [0.717, 1.165) is 18.6 Å². The quantitative estimate of drug-likeness (QED) is 0.639. The van der Waals surface area contributed by atoms with Gasteiger partial charge in [0.1, 0.15) is 11.9 Å². The molecule has 1 saturated carbocycles. The molecule has 0 aliphatic heterocycles. The maximum atomic E-state index is 14.4. The highest BCUT2D eigenvalue weighted by atomic mass is 32.2. The average Bonchev–Trinajstić information content (AvgIpc) is 2.92. The minimum absolute atomic E-state index is 0.0431. The maximum Gasteiger partial charge on any atom is 0.310 e. The van der Waals surface area contributed by atoms with Crippen molar-refractivity contribution in [2.75, 3.05) is 6.26 Å². The van der Waals surface area contributed by atoms with Crippen molar-refractivity contribution in [1.29, 1.82) is 0 Å². The molecule has 1 heterocycles. The second-order valence-electron chi connectivity index (χ2n) is 7.26. The van der Waals surface area contributed by atoms with Gasteiger partial charge in [-0.1, -0.05) is 6.07 Å². The van der Waals surface area contributed by atoms with E-state index in [2.05, 4.69) is 14.7 Å². The zero-order valence-electron chi connectivity index (χ0n) is 15.3. The van der Waals surface area contributed by atoms with E-state index in [1.165, 1.54) is 18.2 Å². The molecular weight excluding hydrogens is 408 g/mol. The van der Waals surface area contributed by atoms with Crippen LogP contribution >= 0.6 is 0 Å². The summed E-state index contributed by atoms with van der Waals surface area (Å²) in [7, 11) is -3.70. The molecule has 11 heteroatoms. The number of alkyl halides is 1. The van der Waals surface area contributed by atoms with E-state index in [1.54, 1.807) is 0 Å². The van der Waals surface area contributed by atoms with Crippen molar-refractivity contribution in [3.05, 3.63) is 42.0 Å². The lowest BCUT2D eigenvalue weighted by Gasteiger charge is -2.24. The summed E-state index contributed by atoms with van der Waals surface area (Å²) in [6.07, 6.45) is 0.407. The zero-order valence-corrected chi connectivity index (χ0v) is 16.2. The Kier molecular flexibility index (Phi) is 5.54. The number of aliphatic carboxylic acids is 1. The van der Waals surface area contributed by atoms with Crippen LogP contribution in [0.1, 0.15) is 18.4 Å². The zero-order chi connectivity index (χ0) is 21.4. The number of phenols is 1. The number of aromatic hydroxyl groups is 1. The van der Waals surface area contributed by atoms with Gasteiger partial charge in [0.15, 0.2) is 11.6 Å². The number of benzene rings is 1. The van der Waals surface area contributed by atoms with Crippen molar-refractivity contribution in [1.82, 2.24) is 14.7 Å². The number of carboxylic acids is 1.